The number of aliphatic hydroxyl groups is 1. The molecule has 0 radical (unpaired) electrons. The summed E-state index contributed by atoms with van der Waals surface area (Å²) >= 11 is 0. The molecule has 3 N–H and O–H groups in total. The van der Waals surface area contributed by atoms with Crippen molar-refractivity contribution in [3.8, 4) is 0 Å². The van der Waals surface area contributed by atoms with Crippen molar-refractivity contribution < 1.29 is 14.6 Å². The number of fused-ring (bicyclic) bond motifs is 2. The predicted octanol–water partition coefficient (Wildman–Crippen LogP) is 2.36. The Morgan fingerprint density at radius 1 is 1.36 bits per heavy atom. The third-order valence-electron chi connectivity index (χ3n) is 5.09. The van der Waals surface area contributed by atoms with Gasteiger partial charge in [-0.2, -0.15) is 0 Å². The SMILES string of the molecule is COCc1cccc(NC(=O)NC2C3CCC(C3)C2CO)c1. The quantitative estimate of drug-likeness (QED) is 0.782. The lowest BCUT2D eigenvalue weighted by Gasteiger charge is -2.30. The van der Waals surface area contributed by atoms with Crippen molar-refractivity contribution in [1.82, 2.24) is 5.32 Å². The highest BCUT2D eigenvalue weighted by Crippen LogP contribution is 2.48. The molecule has 0 heterocycles. The van der Waals surface area contributed by atoms with E-state index < -0.39 is 0 Å². The van der Waals surface area contributed by atoms with Crippen LogP contribution in [0.3, 0.4) is 0 Å². The zero-order valence-corrected chi connectivity index (χ0v) is 12.9. The molecule has 0 spiro atoms. The lowest BCUT2D eigenvalue weighted by molar-refractivity contribution is 0.146. The van der Waals surface area contributed by atoms with E-state index in [1.807, 2.05) is 24.3 Å². The normalized spacial score (nSPS) is 29.5. The van der Waals surface area contributed by atoms with Crippen LogP contribution in [0, 0.1) is 17.8 Å². The first-order valence-electron chi connectivity index (χ1n) is 7.97. The number of nitrogens with one attached hydrogen (secondary N) is 2. The summed E-state index contributed by atoms with van der Waals surface area (Å²) in [6.45, 7) is 0.686. The van der Waals surface area contributed by atoms with Gasteiger partial charge in [-0.3, -0.25) is 0 Å². The van der Waals surface area contributed by atoms with Gasteiger partial charge in [0.25, 0.3) is 0 Å². The summed E-state index contributed by atoms with van der Waals surface area (Å²) in [5.74, 6) is 1.31. The molecule has 0 saturated heterocycles. The molecule has 3 rings (SSSR count). The first-order chi connectivity index (χ1) is 10.7. The molecule has 0 aromatic heterocycles. The monoisotopic (exact) mass is 304 g/mol. The minimum atomic E-state index is -0.189. The molecule has 0 aliphatic heterocycles. The maximum Gasteiger partial charge on any atom is 0.319 e. The van der Waals surface area contributed by atoms with Gasteiger partial charge in [-0.25, -0.2) is 4.79 Å². The van der Waals surface area contributed by atoms with Crippen LogP contribution in [0.15, 0.2) is 24.3 Å². The molecule has 120 valence electrons. The van der Waals surface area contributed by atoms with Crippen LogP contribution in [0.2, 0.25) is 0 Å². The first kappa shape index (κ1) is 15.3. The van der Waals surface area contributed by atoms with Crippen LogP contribution in [0.4, 0.5) is 10.5 Å². The van der Waals surface area contributed by atoms with Gasteiger partial charge in [-0.15, -0.1) is 0 Å². The van der Waals surface area contributed by atoms with Gasteiger partial charge in [0.15, 0.2) is 0 Å². The Hall–Kier alpha value is -1.59. The number of rotatable bonds is 5. The summed E-state index contributed by atoms with van der Waals surface area (Å²) < 4.78 is 5.10. The molecule has 1 aromatic rings. The van der Waals surface area contributed by atoms with Gasteiger partial charge in [-0.1, -0.05) is 12.1 Å². The molecule has 22 heavy (non-hydrogen) atoms. The molecule has 2 saturated carbocycles. The van der Waals surface area contributed by atoms with Crippen molar-refractivity contribution in [1.29, 1.82) is 0 Å². The molecule has 2 fully saturated rings. The van der Waals surface area contributed by atoms with Crippen molar-refractivity contribution in [2.75, 3.05) is 19.0 Å². The number of urea groups is 1. The van der Waals surface area contributed by atoms with Gasteiger partial charge in [0.05, 0.1) is 6.61 Å². The van der Waals surface area contributed by atoms with E-state index in [9.17, 15) is 9.90 Å². The fourth-order valence-electron chi connectivity index (χ4n) is 4.12. The molecule has 5 nitrogen and oxygen atoms in total. The van der Waals surface area contributed by atoms with E-state index in [2.05, 4.69) is 10.6 Å². The van der Waals surface area contributed by atoms with E-state index in [1.165, 1.54) is 6.42 Å². The van der Waals surface area contributed by atoms with E-state index in [-0.39, 0.29) is 24.6 Å². The average molecular weight is 304 g/mol. The van der Waals surface area contributed by atoms with Gasteiger partial charge in [0, 0.05) is 31.4 Å². The molecule has 4 atom stereocenters. The Bertz CT molecular complexity index is 534. The minimum absolute atomic E-state index is 0.103. The van der Waals surface area contributed by atoms with Crippen LogP contribution in [0.25, 0.3) is 0 Å². The smallest absolute Gasteiger partial charge is 0.319 e. The molecule has 4 unspecified atom stereocenters. The Morgan fingerprint density at radius 2 is 2.18 bits per heavy atom. The second kappa shape index (κ2) is 6.67. The lowest BCUT2D eigenvalue weighted by Crippen LogP contribution is -2.46. The molecule has 2 aliphatic rings. The third kappa shape index (κ3) is 3.10. The topological polar surface area (TPSA) is 70.6 Å². The van der Waals surface area contributed by atoms with Crippen LogP contribution in [0.5, 0.6) is 0 Å². The number of anilines is 1. The minimum Gasteiger partial charge on any atom is -0.396 e. The number of carbonyl (C=O) groups excluding carboxylic acids is 1. The fraction of sp³-hybridized carbons (Fsp3) is 0.588. The fourth-order valence-corrected chi connectivity index (χ4v) is 4.12. The van der Waals surface area contributed by atoms with Crippen LogP contribution >= 0.6 is 0 Å². The molecule has 2 aliphatic carbocycles. The van der Waals surface area contributed by atoms with Gasteiger partial charge >= 0.3 is 6.03 Å². The maximum atomic E-state index is 12.2. The third-order valence-corrected chi connectivity index (χ3v) is 5.09. The van der Waals surface area contributed by atoms with Crippen molar-refractivity contribution in [3.63, 3.8) is 0 Å². The average Bonchev–Trinajstić information content (AvgIpc) is 3.09. The number of hydrogen-bond acceptors (Lipinski definition) is 3. The second-order valence-corrected chi connectivity index (χ2v) is 6.44. The second-order valence-electron chi connectivity index (χ2n) is 6.44. The van der Waals surface area contributed by atoms with Gasteiger partial charge in [-0.05, 0) is 48.8 Å². The van der Waals surface area contributed by atoms with Crippen molar-refractivity contribution in [2.45, 2.75) is 31.9 Å². The summed E-state index contributed by atoms with van der Waals surface area (Å²) in [4.78, 5) is 12.2. The van der Waals surface area contributed by atoms with E-state index in [0.29, 0.717) is 18.4 Å². The van der Waals surface area contributed by atoms with Crippen LogP contribution in [-0.4, -0.2) is 30.9 Å². The summed E-state index contributed by atoms with van der Waals surface area (Å²) in [7, 11) is 1.65. The number of carbonyl (C=O) groups is 1. The molecule has 2 amide bonds. The highest BCUT2D eigenvalue weighted by Gasteiger charge is 2.47. The van der Waals surface area contributed by atoms with Gasteiger partial charge < -0.3 is 20.5 Å². The van der Waals surface area contributed by atoms with E-state index in [4.69, 9.17) is 4.74 Å². The number of amides is 2. The van der Waals surface area contributed by atoms with Crippen LogP contribution in [0.1, 0.15) is 24.8 Å². The lowest BCUT2D eigenvalue weighted by atomic mass is 9.85. The first-order valence-corrected chi connectivity index (χ1v) is 7.97. The van der Waals surface area contributed by atoms with Crippen molar-refractivity contribution >= 4 is 11.7 Å². The number of hydrogen-bond donors (Lipinski definition) is 3. The Morgan fingerprint density at radius 3 is 2.95 bits per heavy atom. The molecule has 2 bridgehead atoms. The summed E-state index contributed by atoms with van der Waals surface area (Å²) in [6.07, 6.45) is 3.49. The van der Waals surface area contributed by atoms with Crippen LogP contribution in [-0.2, 0) is 11.3 Å². The molecular weight excluding hydrogens is 280 g/mol. The number of benzene rings is 1. The summed E-state index contributed by atoms with van der Waals surface area (Å²) in [5.41, 5.74) is 1.78. The Balaban J connectivity index is 1.59. The highest BCUT2D eigenvalue weighted by molar-refractivity contribution is 5.89. The molecule has 5 heteroatoms. The highest BCUT2D eigenvalue weighted by atomic mass is 16.5. The number of ether oxygens (including phenoxy) is 1. The number of aliphatic hydroxyl groups excluding tert-OH is 1. The van der Waals surface area contributed by atoms with Crippen molar-refractivity contribution in [3.05, 3.63) is 29.8 Å². The molecule has 1 aromatic carbocycles. The zero-order valence-electron chi connectivity index (χ0n) is 12.9. The Labute approximate surface area is 131 Å². The van der Waals surface area contributed by atoms with Gasteiger partial charge in [0.1, 0.15) is 0 Å². The summed E-state index contributed by atoms with van der Waals surface area (Å²) in [6, 6.07) is 7.55. The Kier molecular flexibility index (Phi) is 4.64. The van der Waals surface area contributed by atoms with E-state index >= 15 is 0 Å². The van der Waals surface area contributed by atoms with E-state index in [1.54, 1.807) is 7.11 Å². The summed E-state index contributed by atoms with van der Waals surface area (Å²) in [5, 5.41) is 15.5. The largest absolute Gasteiger partial charge is 0.396 e. The van der Waals surface area contributed by atoms with E-state index in [0.717, 1.165) is 24.1 Å². The van der Waals surface area contributed by atoms with Crippen LogP contribution < -0.4 is 10.6 Å². The van der Waals surface area contributed by atoms with Crippen molar-refractivity contribution in [2.24, 2.45) is 17.8 Å². The zero-order chi connectivity index (χ0) is 15.5. The maximum absolute atomic E-state index is 12.2. The molecular formula is C17H24N2O3. The number of methoxy groups -OCH3 is 1. The predicted molar refractivity (Wildman–Crippen MR) is 84.5 cm³/mol. The standard InChI is InChI=1S/C17H24N2O3/c1-22-10-11-3-2-4-14(7-11)18-17(21)19-16-13-6-5-12(8-13)15(16)9-20/h2-4,7,12-13,15-16,20H,5-6,8-10H2,1H3,(H2,18,19,21). The van der Waals surface area contributed by atoms with Gasteiger partial charge in [0.2, 0.25) is 0 Å².